The smallest absolute Gasteiger partial charge is 0.251 e. The summed E-state index contributed by atoms with van der Waals surface area (Å²) in [6.07, 6.45) is 2.31. The van der Waals surface area contributed by atoms with Gasteiger partial charge in [0.05, 0.1) is 22.8 Å². The number of nitrogens with one attached hydrogen (secondary N) is 2. The Kier molecular flexibility index (Phi) is 8.71. The highest BCUT2D eigenvalue weighted by atomic mass is 16.2. The molecular weight excluding hydrogens is 512 g/mol. The predicted molar refractivity (Wildman–Crippen MR) is 166 cm³/mol. The van der Waals surface area contributed by atoms with Crippen molar-refractivity contribution in [2.24, 2.45) is 9.98 Å². The average molecular weight is 551 g/mol. The first-order valence-electron chi connectivity index (χ1n) is 14.1. The molecule has 0 saturated heterocycles. The van der Waals surface area contributed by atoms with E-state index in [1.807, 2.05) is 69.5 Å². The van der Waals surface area contributed by atoms with Crippen molar-refractivity contribution in [1.29, 1.82) is 0 Å². The quantitative estimate of drug-likeness (QED) is 0.353. The average Bonchev–Trinajstić information content (AvgIpc) is 3.58. The van der Waals surface area contributed by atoms with Gasteiger partial charge in [-0.2, -0.15) is 0 Å². The van der Waals surface area contributed by atoms with E-state index in [4.69, 9.17) is 9.98 Å². The van der Waals surface area contributed by atoms with Gasteiger partial charge in [0, 0.05) is 43.6 Å². The SMILES string of the molecule is CN(C)CCCNC(=O)c1ccc2c(c1)CC(c1ccc(C3=Nc4ccc(C(=O)NCCN(C)C)cc4C3)cc1)=N2. The fraction of sp³-hybridized carbons (Fsp3) is 0.333. The van der Waals surface area contributed by atoms with Gasteiger partial charge >= 0.3 is 0 Å². The molecule has 2 N–H and O–H groups in total. The Morgan fingerprint density at radius 2 is 1.12 bits per heavy atom. The van der Waals surface area contributed by atoms with Gasteiger partial charge in [-0.15, -0.1) is 0 Å². The lowest BCUT2D eigenvalue weighted by Gasteiger charge is -2.10. The molecule has 0 bridgehead atoms. The number of benzene rings is 3. The second-order valence-electron chi connectivity index (χ2n) is 11.2. The van der Waals surface area contributed by atoms with Crippen LogP contribution in [0.1, 0.15) is 49.4 Å². The molecule has 212 valence electrons. The zero-order valence-electron chi connectivity index (χ0n) is 24.3. The molecule has 3 aromatic rings. The Morgan fingerprint density at radius 1 is 0.659 bits per heavy atom. The molecule has 41 heavy (non-hydrogen) atoms. The molecule has 0 spiro atoms. The zero-order valence-corrected chi connectivity index (χ0v) is 24.3. The largest absolute Gasteiger partial charge is 0.352 e. The number of likely N-dealkylation sites (N-methyl/N-ethyl adjacent to an activating group) is 1. The lowest BCUT2D eigenvalue weighted by Crippen LogP contribution is -2.31. The molecule has 0 unspecified atom stereocenters. The summed E-state index contributed by atoms with van der Waals surface area (Å²) in [4.78, 5) is 39.0. The van der Waals surface area contributed by atoms with Gasteiger partial charge in [0.15, 0.2) is 0 Å². The molecule has 8 nitrogen and oxygen atoms in total. The lowest BCUT2D eigenvalue weighted by atomic mass is 9.98. The molecule has 8 heteroatoms. The highest BCUT2D eigenvalue weighted by Crippen LogP contribution is 2.32. The molecule has 2 heterocycles. The van der Waals surface area contributed by atoms with Crippen molar-refractivity contribution >= 4 is 34.6 Å². The van der Waals surface area contributed by atoms with E-state index in [2.05, 4.69) is 39.8 Å². The first-order chi connectivity index (χ1) is 19.8. The van der Waals surface area contributed by atoms with Crippen LogP contribution in [-0.4, -0.2) is 87.4 Å². The fourth-order valence-corrected chi connectivity index (χ4v) is 5.07. The maximum Gasteiger partial charge on any atom is 0.251 e. The van der Waals surface area contributed by atoms with Gasteiger partial charge in [0.1, 0.15) is 0 Å². The first-order valence-corrected chi connectivity index (χ1v) is 14.1. The predicted octanol–water partition coefficient (Wildman–Crippen LogP) is 4.01. The van der Waals surface area contributed by atoms with E-state index in [-0.39, 0.29) is 11.8 Å². The molecule has 2 aliphatic rings. The van der Waals surface area contributed by atoms with E-state index in [0.717, 1.165) is 64.6 Å². The number of aliphatic imine (C=N–C) groups is 2. The third-order valence-electron chi connectivity index (χ3n) is 7.37. The summed E-state index contributed by atoms with van der Waals surface area (Å²) in [6.45, 7) is 3.01. The Balaban J connectivity index is 1.18. The van der Waals surface area contributed by atoms with Crippen LogP contribution in [0.15, 0.2) is 70.6 Å². The van der Waals surface area contributed by atoms with Crippen molar-refractivity contribution in [1.82, 2.24) is 20.4 Å². The van der Waals surface area contributed by atoms with E-state index >= 15 is 0 Å². The molecule has 0 fully saturated rings. The van der Waals surface area contributed by atoms with E-state index in [0.29, 0.717) is 37.1 Å². The second-order valence-corrected chi connectivity index (χ2v) is 11.2. The molecule has 0 aromatic heterocycles. The van der Waals surface area contributed by atoms with Gasteiger partial charge in [-0.25, -0.2) is 0 Å². The zero-order chi connectivity index (χ0) is 28.9. The summed E-state index contributed by atoms with van der Waals surface area (Å²) < 4.78 is 0. The Bertz CT molecular complexity index is 1500. The summed E-state index contributed by atoms with van der Waals surface area (Å²) in [5.74, 6) is -0.0988. The van der Waals surface area contributed by atoms with Crippen molar-refractivity contribution in [3.8, 4) is 0 Å². The lowest BCUT2D eigenvalue weighted by molar-refractivity contribution is 0.0943. The van der Waals surface area contributed by atoms with Gasteiger partial charge in [-0.3, -0.25) is 19.6 Å². The maximum absolute atomic E-state index is 12.6. The van der Waals surface area contributed by atoms with E-state index < -0.39 is 0 Å². The summed E-state index contributed by atoms with van der Waals surface area (Å²) in [5.41, 5.74) is 9.43. The Morgan fingerprint density at radius 3 is 1.59 bits per heavy atom. The minimum absolute atomic E-state index is 0.0419. The van der Waals surface area contributed by atoms with Crippen molar-refractivity contribution < 1.29 is 9.59 Å². The van der Waals surface area contributed by atoms with E-state index in [1.54, 1.807) is 0 Å². The monoisotopic (exact) mass is 550 g/mol. The molecule has 0 saturated carbocycles. The van der Waals surface area contributed by atoms with Crippen molar-refractivity contribution in [2.45, 2.75) is 19.3 Å². The molecule has 2 aliphatic heterocycles. The van der Waals surface area contributed by atoms with Crippen LogP contribution in [0.2, 0.25) is 0 Å². The van der Waals surface area contributed by atoms with Crippen LogP contribution in [-0.2, 0) is 12.8 Å². The number of fused-ring (bicyclic) bond motifs is 2. The number of nitrogens with zero attached hydrogens (tertiary/aromatic N) is 4. The Labute approximate surface area is 242 Å². The van der Waals surface area contributed by atoms with E-state index in [1.165, 1.54) is 0 Å². The highest BCUT2D eigenvalue weighted by Gasteiger charge is 2.21. The van der Waals surface area contributed by atoms with Crippen LogP contribution in [0.3, 0.4) is 0 Å². The summed E-state index contributed by atoms with van der Waals surface area (Å²) >= 11 is 0. The highest BCUT2D eigenvalue weighted by molar-refractivity contribution is 6.10. The summed E-state index contributed by atoms with van der Waals surface area (Å²) in [5, 5.41) is 5.99. The molecule has 3 aromatic carbocycles. The van der Waals surface area contributed by atoms with Crippen LogP contribution < -0.4 is 10.6 Å². The summed E-state index contributed by atoms with van der Waals surface area (Å²) in [6, 6.07) is 19.8. The van der Waals surface area contributed by atoms with Crippen LogP contribution >= 0.6 is 0 Å². The third kappa shape index (κ3) is 6.96. The summed E-state index contributed by atoms with van der Waals surface area (Å²) in [7, 11) is 8.03. The van der Waals surface area contributed by atoms with Crippen molar-refractivity contribution in [3.63, 3.8) is 0 Å². The van der Waals surface area contributed by atoms with Gasteiger partial charge < -0.3 is 20.4 Å². The Hall–Kier alpha value is -4.14. The number of rotatable bonds is 11. The third-order valence-corrected chi connectivity index (χ3v) is 7.37. The second kappa shape index (κ2) is 12.6. The van der Waals surface area contributed by atoms with E-state index in [9.17, 15) is 9.59 Å². The molecule has 0 radical (unpaired) electrons. The number of amides is 2. The van der Waals surface area contributed by atoms with Gasteiger partial charge in [-0.1, -0.05) is 24.3 Å². The number of hydrogen-bond donors (Lipinski definition) is 2. The van der Waals surface area contributed by atoms with Crippen LogP contribution in [0.4, 0.5) is 11.4 Å². The molecular formula is C33H38N6O2. The topological polar surface area (TPSA) is 89.4 Å². The molecule has 0 aliphatic carbocycles. The maximum atomic E-state index is 12.6. The number of carbonyl (C=O) groups excluding carboxylic acids is 2. The van der Waals surface area contributed by atoms with Crippen LogP contribution in [0.5, 0.6) is 0 Å². The van der Waals surface area contributed by atoms with Gasteiger partial charge in [0.2, 0.25) is 0 Å². The van der Waals surface area contributed by atoms with Crippen LogP contribution in [0, 0.1) is 0 Å². The molecule has 2 amide bonds. The normalized spacial score (nSPS) is 13.6. The van der Waals surface area contributed by atoms with Crippen LogP contribution in [0.25, 0.3) is 0 Å². The minimum atomic E-state index is -0.0569. The fourth-order valence-electron chi connectivity index (χ4n) is 5.07. The molecule has 0 atom stereocenters. The number of carbonyl (C=O) groups is 2. The number of hydrogen-bond acceptors (Lipinski definition) is 6. The standard InChI is InChI=1S/C33H38N6O2/c1-38(2)16-5-14-34-32(40)24-10-12-28-26(18-24)20-30(36-28)22-6-8-23(9-7-22)31-21-27-19-25(11-13-29(27)37-31)33(41)35-15-17-39(3)4/h6-13,18-19H,5,14-17,20-21H2,1-4H3,(H,34,40)(H,35,41). The minimum Gasteiger partial charge on any atom is -0.352 e. The van der Waals surface area contributed by atoms with Crippen molar-refractivity contribution in [3.05, 3.63) is 94.0 Å². The van der Waals surface area contributed by atoms with Gasteiger partial charge in [-0.05, 0) is 99.8 Å². The molecule has 5 rings (SSSR count). The van der Waals surface area contributed by atoms with Gasteiger partial charge in [0.25, 0.3) is 11.8 Å². The van der Waals surface area contributed by atoms with Crippen molar-refractivity contribution in [2.75, 3.05) is 54.4 Å². The first kappa shape index (κ1) is 28.4.